The second-order valence-corrected chi connectivity index (χ2v) is 19.1. The van der Waals surface area contributed by atoms with E-state index in [1.807, 2.05) is 24.8 Å². The topological polar surface area (TPSA) is 60.8 Å². The molecular weight excluding hydrogens is 745 g/mol. The van der Waals surface area contributed by atoms with E-state index >= 15 is 0 Å². The maximum Gasteiger partial charge on any atom is 0.0885 e. The number of hydrogen-bond acceptors (Lipinski definition) is 5. The van der Waals surface area contributed by atoms with Gasteiger partial charge in [-0.3, -0.25) is 19.9 Å². The van der Waals surface area contributed by atoms with Gasteiger partial charge in [-0.1, -0.05) is 192 Å². The van der Waals surface area contributed by atoms with Gasteiger partial charge in [0.25, 0.3) is 0 Å². The van der Waals surface area contributed by atoms with Crippen molar-refractivity contribution in [1.82, 2.24) is 19.9 Å². The number of hydrogen-bond donors (Lipinski definition) is 0. The van der Waals surface area contributed by atoms with E-state index in [0.717, 1.165) is 58.6 Å². The maximum absolute atomic E-state index is 7.65. The lowest BCUT2D eigenvalue weighted by atomic mass is 9.75. The Morgan fingerprint density at radius 1 is 0.426 bits per heavy atom. The van der Waals surface area contributed by atoms with Crippen LogP contribution in [0.2, 0.25) is 0 Å². The molecule has 0 amide bonds. The van der Waals surface area contributed by atoms with Crippen molar-refractivity contribution in [1.29, 1.82) is 0 Å². The summed E-state index contributed by atoms with van der Waals surface area (Å²) in [5, 5.41) is 0. The van der Waals surface area contributed by atoms with Crippen LogP contribution in [0.5, 0.6) is 0 Å². The third kappa shape index (κ3) is 14.8. The quantitative estimate of drug-likeness (QED) is 0.0590. The molecular formula is C56H82N4O. The lowest BCUT2D eigenvalue weighted by Crippen LogP contribution is -2.28. The predicted octanol–water partition coefficient (Wildman–Crippen LogP) is 16.4. The van der Waals surface area contributed by atoms with Gasteiger partial charge >= 0.3 is 0 Å². The van der Waals surface area contributed by atoms with Crippen molar-refractivity contribution in [2.45, 2.75) is 207 Å². The van der Waals surface area contributed by atoms with E-state index in [4.69, 9.17) is 24.7 Å². The molecule has 61 heavy (non-hydrogen) atoms. The highest BCUT2D eigenvalue weighted by atomic mass is 16.5. The van der Waals surface area contributed by atoms with Gasteiger partial charge in [0.05, 0.1) is 47.4 Å². The van der Waals surface area contributed by atoms with Crippen LogP contribution in [0, 0.1) is 23.7 Å². The fourth-order valence-corrected chi connectivity index (χ4v) is 10.4. The Balaban J connectivity index is 1.15. The molecule has 5 heteroatoms. The van der Waals surface area contributed by atoms with E-state index in [-0.39, 0.29) is 12.2 Å². The molecule has 2 unspecified atom stereocenters. The molecule has 4 aromatic rings. The number of ether oxygens (including phenoxy) is 1. The molecule has 2 aliphatic carbocycles. The van der Waals surface area contributed by atoms with Gasteiger partial charge in [-0.25, -0.2) is 0 Å². The highest BCUT2D eigenvalue weighted by Crippen LogP contribution is 2.47. The van der Waals surface area contributed by atoms with Crippen LogP contribution in [-0.2, 0) is 17.6 Å². The molecule has 6 rings (SSSR count). The predicted molar refractivity (Wildman–Crippen MR) is 256 cm³/mol. The van der Waals surface area contributed by atoms with Crippen LogP contribution in [0.1, 0.15) is 217 Å². The van der Waals surface area contributed by atoms with E-state index in [9.17, 15) is 0 Å². The Kier molecular flexibility index (Phi) is 20.2. The molecule has 2 aliphatic rings. The lowest BCUT2D eigenvalue weighted by molar-refractivity contribution is -0.0905. The van der Waals surface area contributed by atoms with Crippen molar-refractivity contribution >= 4 is 0 Å². The number of benzene rings is 2. The van der Waals surface area contributed by atoms with Crippen molar-refractivity contribution in [2.75, 3.05) is 0 Å². The monoisotopic (exact) mass is 827 g/mol. The summed E-state index contributed by atoms with van der Waals surface area (Å²) in [6.07, 6.45) is 41.3. The van der Waals surface area contributed by atoms with Crippen LogP contribution in [0.4, 0.5) is 0 Å². The molecule has 2 heterocycles. The number of rotatable bonds is 26. The number of aromatic nitrogens is 4. The first kappa shape index (κ1) is 47.0. The highest BCUT2D eigenvalue weighted by Gasteiger charge is 2.35. The Morgan fingerprint density at radius 2 is 0.787 bits per heavy atom. The summed E-state index contributed by atoms with van der Waals surface area (Å²) in [4.78, 5) is 19.5. The van der Waals surface area contributed by atoms with E-state index in [1.54, 1.807) is 0 Å². The summed E-state index contributed by atoms with van der Waals surface area (Å²) >= 11 is 0. The van der Waals surface area contributed by atoms with Gasteiger partial charge < -0.3 is 4.74 Å². The highest BCUT2D eigenvalue weighted by molar-refractivity contribution is 5.59. The van der Waals surface area contributed by atoms with Gasteiger partial charge in [0, 0.05) is 23.5 Å². The molecule has 0 aliphatic heterocycles. The maximum atomic E-state index is 7.65. The summed E-state index contributed by atoms with van der Waals surface area (Å²) in [6.45, 7) is 9.30. The fourth-order valence-electron chi connectivity index (χ4n) is 10.4. The zero-order chi connectivity index (χ0) is 42.5. The lowest BCUT2D eigenvalue weighted by Gasteiger charge is -2.40. The van der Waals surface area contributed by atoms with Gasteiger partial charge in [-0.05, 0) is 86.2 Å². The van der Waals surface area contributed by atoms with Crippen molar-refractivity contribution in [2.24, 2.45) is 23.7 Å². The fraction of sp³-hybridized carbons (Fsp3) is 0.643. The smallest absolute Gasteiger partial charge is 0.0885 e. The molecule has 332 valence electrons. The van der Waals surface area contributed by atoms with Gasteiger partial charge in [0.2, 0.25) is 0 Å². The van der Waals surface area contributed by atoms with Gasteiger partial charge in [0.1, 0.15) is 0 Å². The standard InChI is InChI=1S/C56H82N4O/c1-5-9-11-13-15-17-19-21-51-39-59-53(41-57-51)45-31-35-49(36-32-45)55(47-27-23-43(7-3)24-28-47)61-56(48-29-25-44(8-4)26-30-48)50-37-33-46(34-38-50)54-42-58-52(40-60-54)22-20-18-16-14-12-10-6-2/h31-44,47-48,55-56H,5-30H2,1-4H3/t43-,44-,47-,48-,55?,56?. The van der Waals surface area contributed by atoms with Crippen molar-refractivity contribution in [3.63, 3.8) is 0 Å². The third-order valence-electron chi connectivity index (χ3n) is 14.6. The third-order valence-corrected chi connectivity index (χ3v) is 14.6. The normalized spacial score (nSPS) is 20.4. The van der Waals surface area contributed by atoms with Crippen LogP contribution in [0.3, 0.4) is 0 Å². The van der Waals surface area contributed by atoms with Crippen molar-refractivity contribution in [3.05, 3.63) is 95.8 Å². The second kappa shape index (κ2) is 26.2. The molecule has 2 saturated carbocycles. The van der Waals surface area contributed by atoms with Gasteiger partial charge in [-0.2, -0.15) is 0 Å². The minimum absolute atomic E-state index is 0.0608. The van der Waals surface area contributed by atoms with Crippen molar-refractivity contribution < 1.29 is 4.74 Å². The first-order chi connectivity index (χ1) is 30.1. The Bertz CT molecular complexity index is 1610. The van der Waals surface area contributed by atoms with Crippen LogP contribution in [0.25, 0.3) is 22.5 Å². The summed E-state index contributed by atoms with van der Waals surface area (Å²) < 4.78 is 7.65. The Hall–Kier alpha value is -3.44. The van der Waals surface area contributed by atoms with Crippen LogP contribution in [-0.4, -0.2) is 19.9 Å². The van der Waals surface area contributed by atoms with Crippen LogP contribution in [0.15, 0.2) is 73.3 Å². The summed E-state index contributed by atoms with van der Waals surface area (Å²) in [5.74, 6) is 2.72. The number of unbranched alkanes of at least 4 members (excludes halogenated alkanes) is 12. The number of nitrogens with zero attached hydrogens (tertiary/aromatic N) is 4. The van der Waals surface area contributed by atoms with E-state index in [2.05, 4.69) is 76.2 Å². The van der Waals surface area contributed by atoms with E-state index < -0.39 is 0 Å². The first-order valence-electron chi connectivity index (χ1n) is 25.6. The summed E-state index contributed by atoms with van der Waals surface area (Å²) in [6, 6.07) is 18.4. The molecule has 2 aromatic heterocycles. The second-order valence-electron chi connectivity index (χ2n) is 19.1. The largest absolute Gasteiger partial charge is 0.365 e. The minimum atomic E-state index is 0.0608. The summed E-state index contributed by atoms with van der Waals surface area (Å²) in [5.41, 5.74) is 9.00. The molecule has 0 radical (unpaired) electrons. The average molecular weight is 827 g/mol. The molecule has 0 spiro atoms. The van der Waals surface area contributed by atoms with Crippen LogP contribution >= 0.6 is 0 Å². The molecule has 0 saturated heterocycles. The van der Waals surface area contributed by atoms with Crippen molar-refractivity contribution in [3.8, 4) is 22.5 Å². The van der Waals surface area contributed by atoms with Crippen LogP contribution < -0.4 is 0 Å². The molecule has 2 aromatic carbocycles. The van der Waals surface area contributed by atoms with Gasteiger partial charge in [-0.15, -0.1) is 0 Å². The van der Waals surface area contributed by atoms with Gasteiger partial charge in [0.15, 0.2) is 0 Å². The SMILES string of the molecule is CCCCCCCCCc1cnc(-c2ccc(C(OC(c3ccc(-c4cnc(CCCCCCCCC)cn4)cc3)[C@H]3CC[C@H](CC)CC3)[C@H]3CC[C@H](CC)CC3)cc2)cn1. The van der Waals surface area contributed by atoms with E-state index in [0.29, 0.717) is 11.8 Å². The van der Waals surface area contributed by atoms with E-state index in [1.165, 1.54) is 165 Å². The number of aryl methyl sites for hydroxylation is 2. The molecule has 2 fully saturated rings. The molecule has 5 nitrogen and oxygen atoms in total. The Morgan fingerprint density at radius 3 is 1.11 bits per heavy atom. The zero-order valence-electron chi connectivity index (χ0n) is 39.0. The molecule has 0 N–H and O–H groups in total. The zero-order valence-corrected chi connectivity index (χ0v) is 39.0. The molecule has 2 atom stereocenters. The first-order valence-corrected chi connectivity index (χ1v) is 25.6. The molecule has 0 bridgehead atoms. The average Bonchev–Trinajstić information content (AvgIpc) is 3.32. The minimum Gasteiger partial charge on any atom is -0.365 e. The summed E-state index contributed by atoms with van der Waals surface area (Å²) in [7, 11) is 0. The Labute approximate surface area is 372 Å².